The molecule has 0 fully saturated rings. The average Bonchev–Trinajstić information content (AvgIpc) is 3.07. The van der Waals surface area contributed by atoms with Gasteiger partial charge in [-0.25, -0.2) is 0 Å². The maximum Gasteiger partial charge on any atom is 0.573 e. The fraction of sp³-hybridized carbons (Fsp3) is 0.333. The molecule has 1 heterocycles. The van der Waals surface area contributed by atoms with Crippen molar-refractivity contribution in [3.63, 3.8) is 0 Å². The number of methoxy groups -OCH3 is 3. The Balaban J connectivity index is 1.93. The minimum absolute atomic E-state index is 0.0468. The van der Waals surface area contributed by atoms with Crippen molar-refractivity contribution < 1.29 is 51.2 Å². The van der Waals surface area contributed by atoms with E-state index in [1.807, 2.05) is 0 Å². The van der Waals surface area contributed by atoms with E-state index in [1.54, 1.807) is 31.2 Å². The second-order valence-corrected chi connectivity index (χ2v) is 9.68. The number of para-hydroxylation sites is 1. The molecule has 1 aliphatic heterocycles. The van der Waals surface area contributed by atoms with Crippen LogP contribution in [0.5, 0.6) is 23.0 Å². The zero-order valence-electron chi connectivity index (χ0n) is 23.7. The van der Waals surface area contributed by atoms with Gasteiger partial charge in [-0.2, -0.15) is 0 Å². The zero-order chi connectivity index (χ0) is 31.3. The molecular weight excluding hydrogens is 595 g/mol. The molecule has 0 radical (unpaired) electrons. The van der Waals surface area contributed by atoms with E-state index >= 15 is 0 Å². The predicted octanol–water partition coefficient (Wildman–Crippen LogP) is 6.24. The molecule has 3 aromatic rings. The SMILES string of the molecule is CCOC(=O)C[C@@H]1O[C@@H](c2cccc(OC)c2OC(F)(F)F)c2cc(Cl)ccc2N(Cc2ccc(OC)cc2OC)C1=O. The topological polar surface area (TPSA) is 92.8 Å². The molecule has 1 aliphatic rings. The van der Waals surface area contributed by atoms with E-state index in [0.29, 0.717) is 17.1 Å². The number of amides is 1. The lowest BCUT2D eigenvalue weighted by molar-refractivity contribution is -0.275. The van der Waals surface area contributed by atoms with Gasteiger partial charge in [0.15, 0.2) is 11.5 Å². The lowest BCUT2D eigenvalue weighted by Gasteiger charge is -2.26. The van der Waals surface area contributed by atoms with E-state index in [2.05, 4.69) is 4.74 Å². The van der Waals surface area contributed by atoms with Crippen molar-refractivity contribution in [2.75, 3.05) is 32.8 Å². The summed E-state index contributed by atoms with van der Waals surface area (Å²) < 4.78 is 72.4. The van der Waals surface area contributed by atoms with Gasteiger partial charge in [0, 0.05) is 27.8 Å². The summed E-state index contributed by atoms with van der Waals surface area (Å²) in [7, 11) is 4.15. The highest BCUT2D eigenvalue weighted by Crippen LogP contribution is 2.47. The van der Waals surface area contributed by atoms with Crippen molar-refractivity contribution >= 4 is 29.2 Å². The van der Waals surface area contributed by atoms with Gasteiger partial charge in [-0.05, 0) is 43.3 Å². The molecule has 2 atom stereocenters. The zero-order valence-corrected chi connectivity index (χ0v) is 24.5. The number of carbonyl (C=O) groups excluding carboxylic acids is 2. The number of benzene rings is 3. The van der Waals surface area contributed by atoms with Crippen molar-refractivity contribution in [2.45, 2.75) is 38.5 Å². The highest BCUT2D eigenvalue weighted by molar-refractivity contribution is 6.30. The molecular formula is C30H29ClF3NO8. The third kappa shape index (κ3) is 7.26. The van der Waals surface area contributed by atoms with Crippen LogP contribution in [0.1, 0.15) is 36.1 Å². The Kier molecular flexibility index (Phi) is 9.92. The van der Waals surface area contributed by atoms with Crippen molar-refractivity contribution in [3.8, 4) is 23.0 Å². The second-order valence-electron chi connectivity index (χ2n) is 9.25. The monoisotopic (exact) mass is 623 g/mol. The maximum absolute atomic E-state index is 14.1. The minimum Gasteiger partial charge on any atom is -0.497 e. The Morgan fingerprint density at radius 1 is 0.977 bits per heavy atom. The largest absolute Gasteiger partial charge is 0.573 e. The fourth-order valence-corrected chi connectivity index (χ4v) is 4.94. The normalized spacial score (nSPS) is 16.7. The molecule has 9 nitrogen and oxygen atoms in total. The number of anilines is 1. The van der Waals surface area contributed by atoms with E-state index in [0.717, 1.165) is 0 Å². The quantitative estimate of drug-likeness (QED) is 0.245. The first-order valence-corrected chi connectivity index (χ1v) is 13.4. The first-order valence-electron chi connectivity index (χ1n) is 13.0. The summed E-state index contributed by atoms with van der Waals surface area (Å²) in [6.07, 6.45) is -8.42. The molecule has 0 N–H and O–H groups in total. The van der Waals surface area contributed by atoms with E-state index in [4.69, 9.17) is 35.3 Å². The van der Waals surface area contributed by atoms with Gasteiger partial charge in [-0.15, -0.1) is 13.2 Å². The van der Waals surface area contributed by atoms with Crippen LogP contribution in [0, 0.1) is 0 Å². The van der Waals surface area contributed by atoms with Crippen molar-refractivity contribution in [1.82, 2.24) is 0 Å². The molecule has 0 bridgehead atoms. The molecule has 0 spiro atoms. The van der Waals surface area contributed by atoms with E-state index in [1.165, 1.54) is 56.6 Å². The maximum atomic E-state index is 14.1. The van der Waals surface area contributed by atoms with Gasteiger partial charge in [-0.1, -0.05) is 23.7 Å². The lowest BCUT2D eigenvalue weighted by Crippen LogP contribution is -2.40. The summed E-state index contributed by atoms with van der Waals surface area (Å²) in [5, 5.41) is 0.229. The third-order valence-electron chi connectivity index (χ3n) is 6.61. The Bertz CT molecular complexity index is 1480. The van der Waals surface area contributed by atoms with Gasteiger partial charge >= 0.3 is 12.3 Å². The number of ether oxygens (including phenoxy) is 6. The van der Waals surface area contributed by atoms with Gasteiger partial charge in [0.1, 0.15) is 23.7 Å². The number of hydrogen-bond acceptors (Lipinski definition) is 8. The molecule has 4 rings (SSSR count). The van der Waals surface area contributed by atoms with Crippen molar-refractivity contribution in [1.29, 1.82) is 0 Å². The number of halogens is 4. The average molecular weight is 624 g/mol. The molecule has 0 aromatic heterocycles. The summed E-state index contributed by atoms with van der Waals surface area (Å²) in [4.78, 5) is 28.1. The lowest BCUT2D eigenvalue weighted by atomic mass is 9.97. The molecule has 0 aliphatic carbocycles. The van der Waals surface area contributed by atoms with Crippen LogP contribution >= 0.6 is 11.6 Å². The first-order chi connectivity index (χ1) is 20.5. The summed E-state index contributed by atoms with van der Waals surface area (Å²) in [5.41, 5.74) is 1.00. The molecule has 0 saturated carbocycles. The highest BCUT2D eigenvalue weighted by atomic mass is 35.5. The molecule has 3 aromatic carbocycles. The Labute approximate surface area is 250 Å². The number of carbonyl (C=O) groups is 2. The standard InChI is InChI=1S/C30H29ClF3NO8/c1-5-41-26(36)15-25-29(37)35(16-17-9-11-19(38-2)14-24(17)40-4)22-12-10-18(31)13-21(22)27(42-25)20-7-6-8-23(39-3)28(20)43-30(32,33)34/h6-14,25,27H,5,15-16H2,1-4H3/t25-,27-/m0/s1. The minimum atomic E-state index is -5.08. The number of hydrogen-bond donors (Lipinski definition) is 0. The summed E-state index contributed by atoms with van der Waals surface area (Å²) in [6, 6.07) is 13.7. The van der Waals surface area contributed by atoms with Crippen LogP contribution in [-0.4, -0.2) is 52.3 Å². The highest BCUT2D eigenvalue weighted by Gasteiger charge is 2.41. The number of fused-ring (bicyclic) bond motifs is 1. The Morgan fingerprint density at radius 3 is 2.37 bits per heavy atom. The first kappa shape index (κ1) is 31.8. The van der Waals surface area contributed by atoms with Crippen molar-refractivity contribution in [3.05, 3.63) is 76.3 Å². The van der Waals surface area contributed by atoms with Crippen LogP contribution in [0.25, 0.3) is 0 Å². The summed E-state index contributed by atoms with van der Waals surface area (Å²) in [5.74, 6) is -1.32. The molecule has 230 valence electrons. The number of alkyl halides is 3. The van der Waals surface area contributed by atoms with Gasteiger partial charge in [-0.3, -0.25) is 9.59 Å². The van der Waals surface area contributed by atoms with Crippen LogP contribution in [0.4, 0.5) is 18.9 Å². The van der Waals surface area contributed by atoms with Crippen LogP contribution in [0.2, 0.25) is 5.02 Å². The van der Waals surface area contributed by atoms with Gasteiger partial charge in [0.05, 0.1) is 46.6 Å². The van der Waals surface area contributed by atoms with E-state index in [-0.39, 0.29) is 40.7 Å². The number of esters is 1. The van der Waals surface area contributed by atoms with E-state index < -0.39 is 42.6 Å². The van der Waals surface area contributed by atoms with E-state index in [9.17, 15) is 22.8 Å². The van der Waals surface area contributed by atoms with Gasteiger partial charge < -0.3 is 33.3 Å². The Morgan fingerprint density at radius 2 is 1.72 bits per heavy atom. The molecule has 1 amide bonds. The third-order valence-corrected chi connectivity index (χ3v) is 6.85. The summed E-state index contributed by atoms with van der Waals surface area (Å²) in [6.45, 7) is 1.60. The predicted molar refractivity (Wildman–Crippen MR) is 150 cm³/mol. The van der Waals surface area contributed by atoms with Crippen LogP contribution < -0.4 is 23.8 Å². The smallest absolute Gasteiger partial charge is 0.497 e. The molecule has 13 heteroatoms. The molecule has 0 saturated heterocycles. The Hall–Kier alpha value is -4.16. The second kappa shape index (κ2) is 13.4. The van der Waals surface area contributed by atoms with Crippen molar-refractivity contribution in [2.24, 2.45) is 0 Å². The molecule has 43 heavy (non-hydrogen) atoms. The number of nitrogens with zero attached hydrogens (tertiary/aromatic N) is 1. The number of rotatable bonds is 10. The van der Waals surface area contributed by atoms with Gasteiger partial charge in [0.25, 0.3) is 5.91 Å². The van der Waals surface area contributed by atoms with Crippen LogP contribution in [0.3, 0.4) is 0 Å². The van der Waals surface area contributed by atoms with Crippen LogP contribution in [0.15, 0.2) is 54.6 Å². The van der Waals surface area contributed by atoms with Crippen LogP contribution in [-0.2, 0) is 25.6 Å². The van der Waals surface area contributed by atoms with Gasteiger partial charge in [0.2, 0.25) is 0 Å². The summed E-state index contributed by atoms with van der Waals surface area (Å²) >= 11 is 6.37. The molecule has 0 unspecified atom stereocenters. The fourth-order valence-electron chi connectivity index (χ4n) is 4.76.